The molecule has 1 aliphatic heterocycles. The summed E-state index contributed by atoms with van der Waals surface area (Å²) in [5.41, 5.74) is 1.63. The van der Waals surface area contributed by atoms with Gasteiger partial charge in [0.2, 0.25) is 5.95 Å². The zero-order chi connectivity index (χ0) is 16.4. The average molecular weight is 318 g/mol. The van der Waals surface area contributed by atoms with E-state index in [-0.39, 0.29) is 5.91 Å². The zero-order valence-electron chi connectivity index (χ0n) is 13.7. The van der Waals surface area contributed by atoms with Crippen molar-refractivity contribution in [2.45, 2.75) is 13.0 Å². The van der Waals surface area contributed by atoms with Gasteiger partial charge in [-0.15, -0.1) is 0 Å². The van der Waals surface area contributed by atoms with Crippen molar-refractivity contribution in [3.8, 4) is 5.75 Å². The molecule has 1 atom stereocenters. The van der Waals surface area contributed by atoms with Gasteiger partial charge in [-0.25, -0.2) is 4.98 Å². The van der Waals surface area contributed by atoms with Crippen LogP contribution in [0.2, 0.25) is 0 Å². The number of imidazole rings is 1. The summed E-state index contributed by atoms with van der Waals surface area (Å²) >= 11 is 0. The molecule has 0 saturated carbocycles. The SMILES string of the molecule is CCN1CCOC(C(=O)Nc2nc3c(OC)cccc3n2C)C1. The number of morpholine rings is 1. The monoisotopic (exact) mass is 318 g/mol. The Morgan fingerprint density at radius 3 is 3.09 bits per heavy atom. The summed E-state index contributed by atoms with van der Waals surface area (Å²) in [4.78, 5) is 19.2. The number of hydrogen-bond acceptors (Lipinski definition) is 5. The van der Waals surface area contributed by atoms with Gasteiger partial charge in [-0.05, 0) is 18.7 Å². The van der Waals surface area contributed by atoms with Crippen molar-refractivity contribution < 1.29 is 14.3 Å². The van der Waals surface area contributed by atoms with Gasteiger partial charge in [0.15, 0.2) is 0 Å². The number of rotatable bonds is 4. The molecule has 0 radical (unpaired) electrons. The van der Waals surface area contributed by atoms with Crippen molar-refractivity contribution in [2.24, 2.45) is 7.05 Å². The molecule has 0 bridgehead atoms. The summed E-state index contributed by atoms with van der Waals surface area (Å²) in [6.07, 6.45) is -0.467. The molecule has 1 unspecified atom stereocenters. The molecule has 124 valence electrons. The fourth-order valence-corrected chi connectivity index (χ4v) is 2.80. The summed E-state index contributed by atoms with van der Waals surface area (Å²) in [6.45, 7) is 5.04. The molecule has 7 heteroatoms. The number of carbonyl (C=O) groups is 1. The topological polar surface area (TPSA) is 68.6 Å². The number of anilines is 1. The predicted octanol–water partition coefficient (Wildman–Crippen LogP) is 1.24. The number of aryl methyl sites for hydroxylation is 1. The van der Waals surface area contributed by atoms with Crippen molar-refractivity contribution >= 4 is 22.9 Å². The van der Waals surface area contributed by atoms with E-state index in [1.807, 2.05) is 29.8 Å². The third kappa shape index (κ3) is 3.02. The minimum absolute atomic E-state index is 0.166. The molecule has 1 saturated heterocycles. The third-order valence-electron chi connectivity index (χ3n) is 4.22. The van der Waals surface area contributed by atoms with Gasteiger partial charge in [-0.2, -0.15) is 0 Å². The van der Waals surface area contributed by atoms with Gasteiger partial charge in [0.1, 0.15) is 17.4 Å². The Morgan fingerprint density at radius 2 is 2.35 bits per heavy atom. The smallest absolute Gasteiger partial charge is 0.257 e. The van der Waals surface area contributed by atoms with Gasteiger partial charge in [0.25, 0.3) is 5.91 Å². The number of amides is 1. The van der Waals surface area contributed by atoms with Crippen molar-refractivity contribution in [3.63, 3.8) is 0 Å². The van der Waals surface area contributed by atoms with Crippen LogP contribution in [0.4, 0.5) is 5.95 Å². The van der Waals surface area contributed by atoms with E-state index in [2.05, 4.69) is 22.1 Å². The lowest BCUT2D eigenvalue weighted by molar-refractivity contribution is -0.133. The van der Waals surface area contributed by atoms with E-state index in [9.17, 15) is 4.79 Å². The van der Waals surface area contributed by atoms with E-state index in [1.165, 1.54) is 0 Å². The van der Waals surface area contributed by atoms with E-state index < -0.39 is 6.10 Å². The largest absolute Gasteiger partial charge is 0.494 e. The first kappa shape index (κ1) is 15.8. The Morgan fingerprint density at radius 1 is 1.52 bits per heavy atom. The first-order valence-electron chi connectivity index (χ1n) is 7.78. The van der Waals surface area contributed by atoms with Crippen molar-refractivity contribution in [3.05, 3.63) is 18.2 Å². The number of carbonyl (C=O) groups excluding carboxylic acids is 1. The number of ether oxygens (including phenoxy) is 2. The number of likely N-dealkylation sites (N-methyl/N-ethyl adjacent to an activating group) is 1. The van der Waals surface area contributed by atoms with Crippen LogP contribution in [-0.4, -0.2) is 59.8 Å². The highest BCUT2D eigenvalue weighted by Gasteiger charge is 2.27. The Hall–Kier alpha value is -2.12. The second kappa shape index (κ2) is 6.55. The average Bonchev–Trinajstić information content (AvgIpc) is 2.91. The van der Waals surface area contributed by atoms with Gasteiger partial charge >= 0.3 is 0 Å². The molecule has 2 aromatic rings. The van der Waals surface area contributed by atoms with Crippen LogP contribution >= 0.6 is 0 Å². The van der Waals surface area contributed by atoms with Crippen LogP contribution in [0.3, 0.4) is 0 Å². The second-order valence-electron chi connectivity index (χ2n) is 5.56. The Balaban J connectivity index is 1.81. The maximum atomic E-state index is 12.5. The zero-order valence-corrected chi connectivity index (χ0v) is 13.7. The molecule has 1 fully saturated rings. The van der Waals surface area contributed by atoms with Gasteiger partial charge in [-0.1, -0.05) is 13.0 Å². The highest BCUT2D eigenvalue weighted by molar-refractivity contribution is 5.95. The number of nitrogens with zero attached hydrogens (tertiary/aromatic N) is 3. The van der Waals surface area contributed by atoms with Gasteiger partial charge in [0, 0.05) is 20.1 Å². The van der Waals surface area contributed by atoms with Crippen LogP contribution in [0.25, 0.3) is 11.0 Å². The molecule has 1 aromatic heterocycles. The van der Waals surface area contributed by atoms with Crippen LogP contribution in [0, 0.1) is 0 Å². The van der Waals surface area contributed by atoms with E-state index in [0.717, 1.165) is 24.1 Å². The Kier molecular flexibility index (Phi) is 4.49. The van der Waals surface area contributed by atoms with E-state index >= 15 is 0 Å². The van der Waals surface area contributed by atoms with Crippen LogP contribution in [0.5, 0.6) is 5.75 Å². The maximum absolute atomic E-state index is 12.5. The fourth-order valence-electron chi connectivity index (χ4n) is 2.80. The summed E-state index contributed by atoms with van der Waals surface area (Å²) in [5, 5.41) is 2.87. The molecular formula is C16H22N4O3. The van der Waals surface area contributed by atoms with Crippen LogP contribution in [0.15, 0.2) is 18.2 Å². The number of para-hydroxylation sites is 1. The minimum Gasteiger partial charge on any atom is -0.494 e. The molecule has 1 N–H and O–H groups in total. The lowest BCUT2D eigenvalue weighted by Crippen LogP contribution is -2.47. The Bertz CT molecular complexity index is 713. The maximum Gasteiger partial charge on any atom is 0.257 e. The number of aromatic nitrogens is 2. The number of hydrogen-bond donors (Lipinski definition) is 1. The fraction of sp³-hybridized carbons (Fsp3) is 0.500. The van der Waals surface area contributed by atoms with Gasteiger partial charge < -0.3 is 14.0 Å². The van der Waals surface area contributed by atoms with Gasteiger partial charge in [-0.3, -0.25) is 15.0 Å². The lowest BCUT2D eigenvalue weighted by atomic mass is 10.2. The standard InChI is InChI=1S/C16H22N4O3/c1-4-20-8-9-23-13(10-20)15(21)18-16-17-14-11(19(16)2)6-5-7-12(14)22-3/h5-7,13H,4,8-10H2,1-3H3,(H,17,18,21). The van der Waals surface area contributed by atoms with E-state index in [0.29, 0.717) is 24.8 Å². The molecule has 0 spiro atoms. The van der Waals surface area contributed by atoms with Crippen molar-refractivity contribution in [2.75, 3.05) is 38.7 Å². The summed E-state index contributed by atoms with van der Waals surface area (Å²) in [5.74, 6) is 1.01. The summed E-state index contributed by atoms with van der Waals surface area (Å²) < 4.78 is 12.8. The van der Waals surface area contributed by atoms with Crippen molar-refractivity contribution in [1.82, 2.24) is 14.5 Å². The molecule has 3 rings (SSSR count). The molecule has 0 aliphatic carbocycles. The van der Waals surface area contributed by atoms with Crippen LogP contribution in [-0.2, 0) is 16.6 Å². The first-order chi connectivity index (χ1) is 11.1. The second-order valence-corrected chi connectivity index (χ2v) is 5.56. The Labute approximate surface area is 135 Å². The van der Waals surface area contributed by atoms with Crippen molar-refractivity contribution in [1.29, 1.82) is 0 Å². The lowest BCUT2D eigenvalue weighted by Gasteiger charge is -2.31. The van der Waals surface area contributed by atoms with Crippen LogP contribution in [0.1, 0.15) is 6.92 Å². The number of nitrogens with one attached hydrogen (secondary N) is 1. The minimum atomic E-state index is -0.467. The summed E-state index contributed by atoms with van der Waals surface area (Å²) in [6, 6.07) is 5.69. The number of methoxy groups -OCH3 is 1. The molecule has 1 aromatic carbocycles. The number of fused-ring (bicyclic) bond motifs is 1. The van der Waals surface area contributed by atoms with Gasteiger partial charge in [0.05, 0.1) is 19.2 Å². The molecule has 7 nitrogen and oxygen atoms in total. The van der Waals surface area contributed by atoms with Crippen LogP contribution < -0.4 is 10.1 Å². The molecular weight excluding hydrogens is 296 g/mol. The predicted molar refractivity (Wildman–Crippen MR) is 87.7 cm³/mol. The molecule has 1 aliphatic rings. The highest BCUT2D eigenvalue weighted by atomic mass is 16.5. The van der Waals surface area contributed by atoms with E-state index in [4.69, 9.17) is 9.47 Å². The third-order valence-corrected chi connectivity index (χ3v) is 4.22. The van der Waals surface area contributed by atoms with E-state index in [1.54, 1.807) is 7.11 Å². The highest BCUT2D eigenvalue weighted by Crippen LogP contribution is 2.27. The molecule has 1 amide bonds. The molecule has 2 heterocycles. The summed E-state index contributed by atoms with van der Waals surface area (Å²) in [7, 11) is 3.47. The number of benzene rings is 1. The first-order valence-corrected chi connectivity index (χ1v) is 7.78. The molecule has 23 heavy (non-hydrogen) atoms. The quantitative estimate of drug-likeness (QED) is 0.918. The normalized spacial score (nSPS) is 19.0.